The van der Waals surface area contributed by atoms with Crippen molar-refractivity contribution in [3.05, 3.63) is 75.2 Å². The fourth-order valence-corrected chi connectivity index (χ4v) is 4.92. The first-order chi connectivity index (χ1) is 15.6. The predicted octanol–water partition coefficient (Wildman–Crippen LogP) is 7.09. The first-order valence-electron chi connectivity index (χ1n) is 10.7. The van der Waals surface area contributed by atoms with E-state index in [-0.39, 0.29) is 6.61 Å². The van der Waals surface area contributed by atoms with Gasteiger partial charge in [0.05, 0.1) is 12.2 Å². The van der Waals surface area contributed by atoms with Gasteiger partial charge in [0.25, 0.3) is 0 Å². The van der Waals surface area contributed by atoms with Crippen LogP contribution < -0.4 is 4.74 Å². The van der Waals surface area contributed by atoms with E-state index in [4.69, 9.17) is 9.47 Å². The normalized spacial score (nSPS) is 11.5. The highest BCUT2D eigenvalue weighted by Gasteiger charge is 2.30. The quantitative estimate of drug-likeness (QED) is 0.326. The van der Waals surface area contributed by atoms with E-state index >= 15 is 0 Å². The van der Waals surface area contributed by atoms with Crippen LogP contribution in [-0.2, 0) is 28.5 Å². The molecule has 3 rings (SSSR count). The van der Waals surface area contributed by atoms with Gasteiger partial charge in [-0.25, -0.2) is 4.79 Å². The van der Waals surface area contributed by atoms with Gasteiger partial charge in [-0.05, 0) is 86.6 Å². The highest BCUT2D eigenvalue weighted by Crippen LogP contribution is 2.35. The lowest BCUT2D eigenvalue weighted by Gasteiger charge is -2.14. The topological polar surface area (TPSA) is 35.5 Å². The van der Waals surface area contributed by atoms with Crippen molar-refractivity contribution < 1.29 is 27.4 Å². The molecule has 0 N–H and O–H groups in total. The molecule has 0 bridgehead atoms. The number of aryl methyl sites for hydroxylation is 5. The van der Waals surface area contributed by atoms with Crippen LogP contribution in [0, 0.1) is 20.8 Å². The number of alkyl halides is 3. The monoisotopic (exact) mass is 476 g/mol. The fourth-order valence-electron chi connectivity index (χ4n) is 3.74. The van der Waals surface area contributed by atoms with Crippen LogP contribution in [0.5, 0.6) is 5.75 Å². The van der Waals surface area contributed by atoms with E-state index in [0.29, 0.717) is 12.4 Å². The summed E-state index contributed by atoms with van der Waals surface area (Å²) >= 11 is 1.62. The first kappa shape index (κ1) is 24.8. The Kier molecular flexibility index (Phi) is 7.84. The molecule has 0 saturated carbocycles. The summed E-state index contributed by atoms with van der Waals surface area (Å²) in [6.45, 7) is 7.90. The zero-order valence-corrected chi connectivity index (χ0v) is 20.0. The van der Waals surface area contributed by atoms with Crippen molar-refractivity contribution >= 4 is 17.3 Å². The Morgan fingerprint density at radius 3 is 2.15 bits per heavy atom. The zero-order chi connectivity index (χ0) is 24.2. The third-order valence-electron chi connectivity index (χ3n) is 5.32. The van der Waals surface area contributed by atoms with Gasteiger partial charge < -0.3 is 9.47 Å². The summed E-state index contributed by atoms with van der Waals surface area (Å²) in [6, 6.07) is 11.5. The third-order valence-corrected chi connectivity index (χ3v) is 6.66. The smallest absolute Gasteiger partial charge is 0.416 e. The molecule has 3 nitrogen and oxygen atoms in total. The summed E-state index contributed by atoms with van der Waals surface area (Å²) in [5.74, 6) is 0.307. The number of carbonyl (C=O) groups excluding carboxylic acids is 1. The van der Waals surface area contributed by atoms with Gasteiger partial charge >= 0.3 is 12.1 Å². The maximum atomic E-state index is 12.8. The van der Waals surface area contributed by atoms with Crippen molar-refractivity contribution in [3.8, 4) is 16.2 Å². The van der Waals surface area contributed by atoms with Gasteiger partial charge in [-0.2, -0.15) is 13.2 Å². The molecule has 1 aromatic heterocycles. The molecule has 0 unspecified atom stereocenters. The molecule has 1 heterocycles. The van der Waals surface area contributed by atoms with Crippen LogP contribution in [0.4, 0.5) is 13.2 Å². The van der Waals surface area contributed by atoms with Crippen LogP contribution in [-0.4, -0.2) is 19.2 Å². The standard InChI is InChI=1S/C26H27F3O3S/c1-5-31-24(30)15-32-25-17(3)12-19(13-18(25)4)6-11-22-16(2)14-23(33-22)20-7-9-21(10-8-20)26(27,28)29/h7-10,12-14H,5-6,11,15H2,1-4H3. The number of benzene rings is 2. The van der Waals surface area contributed by atoms with Gasteiger partial charge in [-0.3, -0.25) is 0 Å². The summed E-state index contributed by atoms with van der Waals surface area (Å²) in [5.41, 5.74) is 4.37. The van der Waals surface area contributed by atoms with Crippen molar-refractivity contribution in [2.75, 3.05) is 13.2 Å². The van der Waals surface area contributed by atoms with Gasteiger partial charge in [-0.15, -0.1) is 11.3 Å². The zero-order valence-electron chi connectivity index (χ0n) is 19.1. The Morgan fingerprint density at radius 1 is 0.939 bits per heavy atom. The third kappa shape index (κ3) is 6.38. The van der Waals surface area contributed by atoms with Gasteiger partial charge in [0.15, 0.2) is 6.61 Å². The molecule has 33 heavy (non-hydrogen) atoms. The van der Waals surface area contributed by atoms with Crippen LogP contribution in [0.3, 0.4) is 0 Å². The minimum Gasteiger partial charge on any atom is -0.481 e. The minimum atomic E-state index is -4.33. The Bertz CT molecular complexity index is 1090. The summed E-state index contributed by atoms with van der Waals surface area (Å²) in [6.07, 6.45) is -2.67. The summed E-state index contributed by atoms with van der Waals surface area (Å²) in [7, 11) is 0. The molecule has 0 saturated heterocycles. The Balaban J connectivity index is 1.68. The highest BCUT2D eigenvalue weighted by molar-refractivity contribution is 7.15. The van der Waals surface area contributed by atoms with E-state index in [1.807, 2.05) is 26.8 Å². The van der Waals surface area contributed by atoms with Crippen molar-refractivity contribution in [1.82, 2.24) is 0 Å². The molecule has 0 radical (unpaired) electrons. The average molecular weight is 477 g/mol. The molecule has 0 aliphatic rings. The van der Waals surface area contributed by atoms with Crippen LogP contribution in [0.2, 0.25) is 0 Å². The van der Waals surface area contributed by atoms with Crippen molar-refractivity contribution in [1.29, 1.82) is 0 Å². The SMILES string of the molecule is CCOC(=O)COc1c(C)cc(CCc2sc(-c3ccc(C(F)(F)F)cc3)cc2C)cc1C. The van der Waals surface area contributed by atoms with Crippen LogP contribution in [0.25, 0.3) is 10.4 Å². The number of rotatable bonds is 8. The highest BCUT2D eigenvalue weighted by atomic mass is 32.1. The number of ether oxygens (including phenoxy) is 2. The van der Waals surface area contributed by atoms with E-state index in [9.17, 15) is 18.0 Å². The molecule has 0 aliphatic heterocycles. The van der Waals surface area contributed by atoms with Crippen LogP contribution in [0.15, 0.2) is 42.5 Å². The van der Waals surface area contributed by atoms with E-state index in [2.05, 4.69) is 12.1 Å². The van der Waals surface area contributed by atoms with Crippen molar-refractivity contribution in [2.24, 2.45) is 0 Å². The lowest BCUT2D eigenvalue weighted by molar-refractivity contribution is -0.145. The van der Waals surface area contributed by atoms with E-state index in [1.54, 1.807) is 18.3 Å². The molecule has 0 amide bonds. The molecule has 0 spiro atoms. The number of carbonyl (C=O) groups is 1. The lowest BCUT2D eigenvalue weighted by atomic mass is 10.0. The number of halogens is 3. The first-order valence-corrected chi connectivity index (χ1v) is 11.6. The molecule has 7 heteroatoms. The molecule has 2 aromatic carbocycles. The van der Waals surface area contributed by atoms with E-state index in [0.717, 1.165) is 57.7 Å². The Labute approximate surface area is 196 Å². The van der Waals surface area contributed by atoms with Crippen molar-refractivity contribution in [3.63, 3.8) is 0 Å². The minimum absolute atomic E-state index is 0.115. The number of hydrogen-bond donors (Lipinski definition) is 0. The van der Waals surface area contributed by atoms with Crippen LogP contribution in [0.1, 0.15) is 39.6 Å². The molecule has 176 valence electrons. The van der Waals surface area contributed by atoms with Gasteiger partial charge in [-0.1, -0.05) is 24.3 Å². The number of hydrogen-bond acceptors (Lipinski definition) is 4. The predicted molar refractivity (Wildman–Crippen MR) is 125 cm³/mol. The average Bonchev–Trinajstić information content (AvgIpc) is 3.12. The van der Waals surface area contributed by atoms with Gasteiger partial charge in [0.2, 0.25) is 0 Å². The second-order valence-corrected chi connectivity index (χ2v) is 9.08. The molecular weight excluding hydrogens is 449 g/mol. The fraction of sp³-hybridized carbons (Fsp3) is 0.346. The maximum Gasteiger partial charge on any atom is 0.416 e. The summed E-state index contributed by atoms with van der Waals surface area (Å²) < 4.78 is 49.0. The molecule has 0 fully saturated rings. The molecule has 3 aromatic rings. The Hall–Kier alpha value is -2.80. The molecule has 0 aliphatic carbocycles. The van der Waals surface area contributed by atoms with Gasteiger partial charge in [0.1, 0.15) is 5.75 Å². The maximum absolute atomic E-state index is 12.8. The largest absolute Gasteiger partial charge is 0.481 e. The van der Waals surface area contributed by atoms with E-state index < -0.39 is 17.7 Å². The van der Waals surface area contributed by atoms with Gasteiger partial charge in [0, 0.05) is 9.75 Å². The van der Waals surface area contributed by atoms with Crippen LogP contribution >= 0.6 is 11.3 Å². The Morgan fingerprint density at radius 2 is 1.58 bits per heavy atom. The van der Waals surface area contributed by atoms with Crippen molar-refractivity contribution in [2.45, 2.75) is 46.7 Å². The number of thiophene rings is 1. The summed E-state index contributed by atoms with van der Waals surface area (Å²) in [5, 5.41) is 0. The number of esters is 1. The van der Waals surface area contributed by atoms with E-state index in [1.165, 1.54) is 17.0 Å². The molecule has 0 atom stereocenters. The summed E-state index contributed by atoms with van der Waals surface area (Å²) in [4.78, 5) is 13.7. The molecular formula is C26H27F3O3S. The second kappa shape index (κ2) is 10.4. The second-order valence-electron chi connectivity index (χ2n) is 7.94. The lowest BCUT2D eigenvalue weighted by Crippen LogP contribution is -2.15.